The summed E-state index contributed by atoms with van der Waals surface area (Å²) in [5, 5.41) is 13.5. The van der Waals surface area contributed by atoms with E-state index in [0.29, 0.717) is 22.5 Å². The first-order valence-electron chi connectivity index (χ1n) is 7.46. The SMILES string of the molecule is Cc1c(NC(=O)/C=C/c2ccc(NS(C)(=O)=O)cc2)cccc1[N+](=O)[O-]. The predicted molar refractivity (Wildman–Crippen MR) is 100 cm³/mol. The lowest BCUT2D eigenvalue weighted by atomic mass is 10.1. The van der Waals surface area contributed by atoms with Crippen LogP contribution < -0.4 is 10.0 Å². The number of nitro benzene ring substituents is 1. The highest BCUT2D eigenvalue weighted by atomic mass is 32.2. The summed E-state index contributed by atoms with van der Waals surface area (Å²) in [5.41, 5.74) is 1.77. The third-order valence-corrected chi connectivity index (χ3v) is 4.01. The maximum atomic E-state index is 12.0. The molecule has 0 saturated heterocycles. The van der Waals surface area contributed by atoms with Crippen LogP contribution in [0.4, 0.5) is 17.1 Å². The Kier molecular flexibility index (Phi) is 5.73. The maximum Gasteiger partial charge on any atom is 0.274 e. The molecule has 0 atom stereocenters. The number of anilines is 2. The second kappa shape index (κ2) is 7.79. The van der Waals surface area contributed by atoms with Crippen molar-refractivity contribution in [3.63, 3.8) is 0 Å². The molecule has 0 aliphatic carbocycles. The van der Waals surface area contributed by atoms with E-state index in [1.807, 2.05) is 0 Å². The Hall–Kier alpha value is -3.20. The lowest BCUT2D eigenvalue weighted by molar-refractivity contribution is -0.385. The molecule has 8 nitrogen and oxygen atoms in total. The lowest BCUT2D eigenvalue weighted by Gasteiger charge is -2.06. The van der Waals surface area contributed by atoms with Gasteiger partial charge in [0.25, 0.3) is 5.69 Å². The van der Waals surface area contributed by atoms with E-state index >= 15 is 0 Å². The number of benzene rings is 2. The molecule has 0 aliphatic rings. The Bertz CT molecular complexity index is 966. The van der Waals surface area contributed by atoms with Crippen LogP contribution >= 0.6 is 0 Å². The molecule has 26 heavy (non-hydrogen) atoms. The predicted octanol–water partition coefficient (Wildman–Crippen LogP) is 2.93. The third kappa shape index (κ3) is 5.42. The summed E-state index contributed by atoms with van der Waals surface area (Å²) in [6.07, 6.45) is 3.89. The van der Waals surface area contributed by atoms with Gasteiger partial charge in [-0.05, 0) is 36.8 Å². The van der Waals surface area contributed by atoms with Crippen molar-refractivity contribution in [2.45, 2.75) is 6.92 Å². The molecule has 9 heteroatoms. The van der Waals surface area contributed by atoms with Gasteiger partial charge in [-0.1, -0.05) is 18.2 Å². The van der Waals surface area contributed by atoms with Gasteiger partial charge < -0.3 is 5.32 Å². The summed E-state index contributed by atoms with van der Waals surface area (Å²) in [6.45, 7) is 1.56. The lowest BCUT2D eigenvalue weighted by Crippen LogP contribution is -2.10. The highest BCUT2D eigenvalue weighted by Gasteiger charge is 2.13. The summed E-state index contributed by atoms with van der Waals surface area (Å²) in [4.78, 5) is 22.4. The number of carbonyl (C=O) groups excluding carboxylic acids is 1. The van der Waals surface area contributed by atoms with Crippen molar-refractivity contribution < 1.29 is 18.1 Å². The van der Waals surface area contributed by atoms with Crippen LogP contribution in [-0.4, -0.2) is 25.5 Å². The minimum absolute atomic E-state index is 0.0688. The number of nitro groups is 1. The molecule has 1 amide bonds. The first-order chi connectivity index (χ1) is 12.2. The summed E-state index contributed by atoms with van der Waals surface area (Å²) in [5.74, 6) is -0.438. The molecule has 0 aromatic heterocycles. The highest BCUT2D eigenvalue weighted by molar-refractivity contribution is 7.92. The molecule has 0 fully saturated rings. The Morgan fingerprint density at radius 3 is 2.38 bits per heavy atom. The van der Waals surface area contributed by atoms with E-state index in [4.69, 9.17) is 0 Å². The minimum atomic E-state index is -3.34. The molecular weight excluding hydrogens is 358 g/mol. The van der Waals surface area contributed by atoms with Gasteiger partial charge in [0.05, 0.1) is 22.4 Å². The van der Waals surface area contributed by atoms with Crippen molar-refractivity contribution in [3.8, 4) is 0 Å². The molecular formula is C17H17N3O5S. The first-order valence-corrected chi connectivity index (χ1v) is 9.36. The van der Waals surface area contributed by atoms with E-state index in [9.17, 15) is 23.3 Å². The average molecular weight is 375 g/mol. The van der Waals surface area contributed by atoms with Crippen molar-refractivity contribution in [3.05, 3.63) is 69.8 Å². The fourth-order valence-electron chi connectivity index (χ4n) is 2.18. The molecule has 0 bridgehead atoms. The number of nitrogens with zero attached hydrogens (tertiary/aromatic N) is 1. The van der Waals surface area contributed by atoms with Crippen LogP contribution in [0.2, 0.25) is 0 Å². The second-order valence-electron chi connectivity index (χ2n) is 5.53. The van der Waals surface area contributed by atoms with Crippen LogP contribution in [0, 0.1) is 17.0 Å². The minimum Gasteiger partial charge on any atom is -0.322 e. The molecule has 2 rings (SSSR count). The van der Waals surface area contributed by atoms with Crippen LogP contribution in [-0.2, 0) is 14.8 Å². The van der Waals surface area contributed by atoms with Gasteiger partial charge in [0.2, 0.25) is 15.9 Å². The summed E-state index contributed by atoms with van der Waals surface area (Å²) < 4.78 is 24.6. The van der Waals surface area contributed by atoms with E-state index in [2.05, 4.69) is 10.0 Å². The van der Waals surface area contributed by atoms with Gasteiger partial charge in [0, 0.05) is 17.8 Å². The molecule has 0 saturated carbocycles. The first kappa shape index (κ1) is 19.1. The molecule has 0 spiro atoms. The number of hydrogen-bond donors (Lipinski definition) is 2. The van der Waals surface area contributed by atoms with E-state index < -0.39 is 20.9 Å². The number of hydrogen-bond acceptors (Lipinski definition) is 5. The standard InChI is InChI=1S/C17H17N3O5S/c1-12-15(4-3-5-16(12)20(22)23)18-17(21)11-8-13-6-9-14(10-7-13)19-26(2,24)25/h3-11,19H,1-2H3,(H,18,21)/b11-8+. The monoisotopic (exact) mass is 375 g/mol. The highest BCUT2D eigenvalue weighted by Crippen LogP contribution is 2.25. The molecule has 0 heterocycles. The van der Waals surface area contributed by atoms with Gasteiger partial charge in [-0.15, -0.1) is 0 Å². The summed E-state index contributed by atoms with van der Waals surface area (Å²) in [6, 6.07) is 10.9. The zero-order chi connectivity index (χ0) is 19.3. The number of amides is 1. The molecule has 2 N–H and O–H groups in total. The van der Waals surface area contributed by atoms with Gasteiger partial charge >= 0.3 is 0 Å². The number of carbonyl (C=O) groups is 1. The van der Waals surface area contributed by atoms with Crippen molar-refractivity contribution in [2.24, 2.45) is 0 Å². The van der Waals surface area contributed by atoms with Gasteiger partial charge in [-0.3, -0.25) is 19.6 Å². The summed E-state index contributed by atoms with van der Waals surface area (Å²) in [7, 11) is -3.34. The summed E-state index contributed by atoms with van der Waals surface area (Å²) >= 11 is 0. The van der Waals surface area contributed by atoms with E-state index in [1.54, 1.807) is 43.3 Å². The number of rotatable bonds is 6. The Balaban J connectivity index is 2.06. The van der Waals surface area contributed by atoms with Gasteiger partial charge in [0.1, 0.15) is 0 Å². The Labute approximate surface area is 150 Å². The Morgan fingerprint density at radius 1 is 1.15 bits per heavy atom. The van der Waals surface area contributed by atoms with Crippen molar-refractivity contribution >= 4 is 39.1 Å². The molecule has 0 radical (unpaired) electrons. The molecule has 0 aliphatic heterocycles. The van der Waals surface area contributed by atoms with Crippen molar-refractivity contribution in [1.29, 1.82) is 0 Å². The van der Waals surface area contributed by atoms with E-state index in [1.165, 1.54) is 18.2 Å². The van der Waals surface area contributed by atoms with Crippen LogP contribution in [0.15, 0.2) is 48.5 Å². The van der Waals surface area contributed by atoms with Crippen LogP contribution in [0.5, 0.6) is 0 Å². The topological polar surface area (TPSA) is 118 Å². The van der Waals surface area contributed by atoms with Gasteiger partial charge in [0.15, 0.2) is 0 Å². The average Bonchev–Trinajstić information content (AvgIpc) is 2.54. The van der Waals surface area contributed by atoms with Crippen molar-refractivity contribution in [1.82, 2.24) is 0 Å². The van der Waals surface area contributed by atoms with Gasteiger partial charge in [-0.2, -0.15) is 0 Å². The molecule has 2 aromatic carbocycles. The van der Waals surface area contributed by atoms with Crippen LogP contribution in [0.1, 0.15) is 11.1 Å². The quantitative estimate of drug-likeness (QED) is 0.457. The molecule has 136 valence electrons. The normalized spacial score (nSPS) is 11.3. The fraction of sp³-hybridized carbons (Fsp3) is 0.118. The van der Waals surface area contributed by atoms with Crippen LogP contribution in [0.25, 0.3) is 6.08 Å². The van der Waals surface area contributed by atoms with E-state index in [0.717, 1.165) is 6.26 Å². The zero-order valence-corrected chi connectivity index (χ0v) is 14.9. The second-order valence-corrected chi connectivity index (χ2v) is 7.27. The molecule has 0 unspecified atom stereocenters. The zero-order valence-electron chi connectivity index (χ0n) is 14.1. The number of sulfonamides is 1. The third-order valence-electron chi connectivity index (χ3n) is 3.40. The van der Waals surface area contributed by atoms with Gasteiger partial charge in [-0.25, -0.2) is 8.42 Å². The smallest absolute Gasteiger partial charge is 0.274 e. The van der Waals surface area contributed by atoms with Crippen molar-refractivity contribution in [2.75, 3.05) is 16.3 Å². The number of nitrogens with one attached hydrogen (secondary N) is 2. The van der Waals surface area contributed by atoms with Crippen LogP contribution in [0.3, 0.4) is 0 Å². The maximum absolute atomic E-state index is 12.0. The Morgan fingerprint density at radius 2 is 1.81 bits per heavy atom. The molecule has 2 aromatic rings. The van der Waals surface area contributed by atoms with E-state index in [-0.39, 0.29) is 5.69 Å². The largest absolute Gasteiger partial charge is 0.322 e. The fourth-order valence-corrected chi connectivity index (χ4v) is 2.74.